The van der Waals surface area contributed by atoms with Crippen LogP contribution in [0.15, 0.2) is 18.2 Å². The molecule has 0 amide bonds. The molecule has 1 aromatic carbocycles. The molecule has 0 bridgehead atoms. The first-order valence-electron chi connectivity index (χ1n) is 5.71. The molecule has 1 aromatic rings. The van der Waals surface area contributed by atoms with Crippen LogP contribution in [0.3, 0.4) is 0 Å². The van der Waals surface area contributed by atoms with Gasteiger partial charge in [-0.3, -0.25) is 4.57 Å². The van der Waals surface area contributed by atoms with Crippen molar-refractivity contribution < 1.29 is 13.6 Å². The van der Waals surface area contributed by atoms with Crippen molar-refractivity contribution in [1.82, 2.24) is 0 Å². The highest BCUT2D eigenvalue weighted by atomic mass is 31.2. The Bertz CT molecular complexity index is 390. The van der Waals surface area contributed by atoms with Crippen molar-refractivity contribution in [3.8, 4) is 0 Å². The highest BCUT2D eigenvalue weighted by Crippen LogP contribution is 2.59. The second-order valence-corrected chi connectivity index (χ2v) is 5.30. The van der Waals surface area contributed by atoms with Gasteiger partial charge in [-0.1, -0.05) is 29.3 Å². The molecule has 0 fully saturated rings. The van der Waals surface area contributed by atoms with E-state index in [0.717, 1.165) is 11.1 Å². The summed E-state index contributed by atoms with van der Waals surface area (Å²) in [6, 6.07) is 5.79. The zero-order chi connectivity index (χ0) is 12.9. The van der Waals surface area contributed by atoms with Gasteiger partial charge in [-0.05, 0) is 27.7 Å². The van der Waals surface area contributed by atoms with Crippen molar-refractivity contribution in [2.24, 2.45) is 0 Å². The largest absolute Gasteiger partial charge is 0.582 e. The zero-order valence-electron chi connectivity index (χ0n) is 10.8. The van der Waals surface area contributed by atoms with Crippen LogP contribution in [0.5, 0.6) is 0 Å². The molecule has 0 saturated heterocycles. The molecule has 0 unspecified atom stereocenters. The van der Waals surface area contributed by atoms with Crippen LogP contribution < -0.4 is 0 Å². The Hall–Kier alpha value is -0.830. The molecule has 96 valence electrons. The molecular formula is C12H19NO3P-. The van der Waals surface area contributed by atoms with Crippen LogP contribution in [-0.2, 0) is 13.6 Å². The van der Waals surface area contributed by atoms with E-state index in [1.165, 1.54) is 0 Å². The van der Waals surface area contributed by atoms with E-state index >= 15 is 0 Å². The van der Waals surface area contributed by atoms with E-state index in [1.54, 1.807) is 13.8 Å². The quantitative estimate of drug-likeness (QED) is 0.704. The molecule has 1 rings (SSSR count). The Kier molecular flexibility index (Phi) is 5.19. The second-order valence-electron chi connectivity index (χ2n) is 3.64. The molecule has 0 radical (unpaired) electrons. The average Bonchev–Trinajstić information content (AvgIpc) is 2.24. The molecule has 4 nitrogen and oxygen atoms in total. The van der Waals surface area contributed by atoms with Gasteiger partial charge in [0.05, 0.1) is 13.2 Å². The molecule has 5 heteroatoms. The molecule has 0 N–H and O–H groups in total. The van der Waals surface area contributed by atoms with Gasteiger partial charge in [0.15, 0.2) is 0 Å². The lowest BCUT2D eigenvalue weighted by Gasteiger charge is -2.33. The number of benzene rings is 1. The minimum absolute atomic E-state index is 0.311. The summed E-state index contributed by atoms with van der Waals surface area (Å²) >= 11 is 0. The maximum atomic E-state index is 12.3. The first-order valence-corrected chi connectivity index (χ1v) is 7.20. The molecule has 17 heavy (non-hydrogen) atoms. The SMILES string of the molecule is CCOP(=O)([N-]c1c(C)cccc1C)OCC. The summed E-state index contributed by atoms with van der Waals surface area (Å²) in [5.41, 5.74) is 2.62. The van der Waals surface area contributed by atoms with Gasteiger partial charge in [0.25, 0.3) is 7.75 Å². The minimum Gasteiger partial charge on any atom is -0.582 e. The van der Waals surface area contributed by atoms with Crippen molar-refractivity contribution in [2.75, 3.05) is 13.2 Å². The van der Waals surface area contributed by atoms with Crippen LogP contribution in [0.2, 0.25) is 0 Å². The molecule has 0 heterocycles. The van der Waals surface area contributed by atoms with E-state index in [0.29, 0.717) is 18.9 Å². The third-order valence-corrected chi connectivity index (χ3v) is 3.86. The lowest BCUT2D eigenvalue weighted by atomic mass is 10.1. The minimum atomic E-state index is -3.37. The predicted molar refractivity (Wildman–Crippen MR) is 69.8 cm³/mol. The van der Waals surface area contributed by atoms with Gasteiger partial charge in [0, 0.05) is 0 Å². The van der Waals surface area contributed by atoms with Crippen LogP contribution in [0.1, 0.15) is 25.0 Å². The van der Waals surface area contributed by atoms with Crippen molar-refractivity contribution in [3.63, 3.8) is 0 Å². The summed E-state index contributed by atoms with van der Waals surface area (Å²) in [7, 11) is -3.37. The number of rotatable bonds is 6. The highest BCUT2D eigenvalue weighted by Gasteiger charge is 2.12. The first-order chi connectivity index (χ1) is 8.02. The van der Waals surface area contributed by atoms with Crippen molar-refractivity contribution in [2.45, 2.75) is 27.7 Å². The van der Waals surface area contributed by atoms with E-state index in [1.807, 2.05) is 32.0 Å². The standard InChI is InChI=1S/C12H19NO3P/c1-5-15-17(14,16-6-2)13-12-10(3)8-7-9-11(12)4/h7-9H,5-6H2,1-4H3/q-1. The zero-order valence-corrected chi connectivity index (χ0v) is 11.7. The van der Waals surface area contributed by atoms with Crippen molar-refractivity contribution in [1.29, 1.82) is 0 Å². The van der Waals surface area contributed by atoms with Gasteiger partial charge in [0.1, 0.15) is 0 Å². The van der Waals surface area contributed by atoms with E-state index in [-0.39, 0.29) is 0 Å². The monoisotopic (exact) mass is 256 g/mol. The Morgan fingerprint density at radius 1 is 1.12 bits per heavy atom. The summed E-state index contributed by atoms with van der Waals surface area (Å²) in [4.78, 5) is 0. The van der Waals surface area contributed by atoms with Gasteiger partial charge < -0.3 is 14.1 Å². The Morgan fingerprint density at radius 3 is 2.00 bits per heavy atom. The van der Waals surface area contributed by atoms with Crippen LogP contribution in [-0.4, -0.2) is 13.2 Å². The second kappa shape index (κ2) is 6.20. The summed E-state index contributed by atoms with van der Waals surface area (Å²) in [6.45, 7) is 8.01. The van der Waals surface area contributed by atoms with Gasteiger partial charge in [-0.15, -0.1) is 5.69 Å². The maximum absolute atomic E-state index is 12.3. The summed E-state index contributed by atoms with van der Waals surface area (Å²) in [5, 5.41) is 4.18. The lowest BCUT2D eigenvalue weighted by Crippen LogP contribution is -1.95. The third-order valence-electron chi connectivity index (χ3n) is 2.25. The molecule has 0 spiro atoms. The number of hydrogen-bond donors (Lipinski definition) is 0. The Balaban J connectivity index is 2.97. The molecule has 0 atom stereocenters. The van der Waals surface area contributed by atoms with E-state index < -0.39 is 7.75 Å². The van der Waals surface area contributed by atoms with Crippen LogP contribution in [0.4, 0.5) is 5.69 Å². The predicted octanol–water partition coefficient (Wildman–Crippen LogP) is 4.49. The molecule has 0 saturated carbocycles. The van der Waals surface area contributed by atoms with Crippen molar-refractivity contribution >= 4 is 13.4 Å². The van der Waals surface area contributed by atoms with E-state index in [2.05, 4.69) is 5.09 Å². The highest BCUT2D eigenvalue weighted by molar-refractivity contribution is 7.57. The summed E-state index contributed by atoms with van der Waals surface area (Å²) in [5.74, 6) is 0. The molecule has 0 aliphatic heterocycles. The summed E-state index contributed by atoms with van der Waals surface area (Å²) in [6.07, 6.45) is 0. The van der Waals surface area contributed by atoms with E-state index in [4.69, 9.17) is 9.05 Å². The lowest BCUT2D eigenvalue weighted by molar-refractivity contribution is 0.227. The first kappa shape index (κ1) is 14.2. The van der Waals surface area contributed by atoms with Gasteiger partial charge >= 0.3 is 0 Å². The Morgan fingerprint density at radius 2 is 1.59 bits per heavy atom. The van der Waals surface area contributed by atoms with Gasteiger partial charge in [-0.25, -0.2) is 0 Å². The maximum Gasteiger partial charge on any atom is 0.265 e. The van der Waals surface area contributed by atoms with Gasteiger partial charge in [0.2, 0.25) is 0 Å². The fourth-order valence-electron chi connectivity index (χ4n) is 1.51. The topological polar surface area (TPSA) is 49.6 Å². The fourth-order valence-corrected chi connectivity index (χ4v) is 2.91. The van der Waals surface area contributed by atoms with Crippen LogP contribution >= 0.6 is 7.75 Å². The number of aryl methyl sites for hydroxylation is 2. The van der Waals surface area contributed by atoms with E-state index in [9.17, 15) is 4.57 Å². The fraction of sp³-hybridized carbons (Fsp3) is 0.500. The number of hydrogen-bond acceptors (Lipinski definition) is 3. The van der Waals surface area contributed by atoms with Crippen LogP contribution in [0.25, 0.3) is 5.09 Å². The summed E-state index contributed by atoms with van der Waals surface area (Å²) < 4.78 is 22.6. The number of nitrogens with zero attached hydrogens (tertiary/aromatic N) is 1. The Labute approximate surface area is 103 Å². The van der Waals surface area contributed by atoms with Crippen molar-refractivity contribution in [3.05, 3.63) is 34.4 Å². The van der Waals surface area contributed by atoms with Gasteiger partial charge in [-0.2, -0.15) is 0 Å². The molecule has 0 aliphatic carbocycles. The smallest absolute Gasteiger partial charge is 0.265 e. The molecule has 0 aliphatic rings. The normalized spacial score (nSPS) is 11.5. The third kappa shape index (κ3) is 3.84. The molecule has 0 aromatic heterocycles. The average molecular weight is 256 g/mol. The molecular weight excluding hydrogens is 237 g/mol. The van der Waals surface area contributed by atoms with Crippen LogP contribution in [0, 0.1) is 13.8 Å².